The summed E-state index contributed by atoms with van der Waals surface area (Å²) in [6.45, 7) is 0. The predicted octanol–water partition coefficient (Wildman–Crippen LogP) is 0.638. The van der Waals surface area contributed by atoms with Crippen LogP contribution in [0, 0.1) is 0 Å². The zero-order valence-corrected chi connectivity index (χ0v) is 9.49. The van der Waals surface area contributed by atoms with E-state index in [9.17, 15) is 4.53 Å². The molecular weight excluding hydrogens is 253 g/mol. The van der Waals surface area contributed by atoms with Gasteiger partial charge in [-0.05, 0) is 12.1 Å². The molecule has 19 heavy (non-hydrogen) atoms. The highest BCUT2D eigenvalue weighted by atomic mass is 19.3. The number of aromatic nitrogens is 5. The van der Waals surface area contributed by atoms with Crippen LogP contribution in [0.25, 0.3) is 17.0 Å². The van der Waals surface area contributed by atoms with Gasteiger partial charge in [0.25, 0.3) is 0 Å². The third-order valence-electron chi connectivity index (χ3n) is 2.50. The number of pyridine rings is 1. The normalized spacial score (nSPS) is 10.8. The highest BCUT2D eigenvalue weighted by Gasteiger charge is 2.12. The lowest BCUT2D eigenvalue weighted by Crippen LogP contribution is -2.03. The standard InChI is InChI=1S/C10H8FN7O/c11-19-5-1-2-6(14-3-5)18-4-15-7-8(12)16-10(13)17-9(7)18/h1-4H,(H4,12,13,16,17). The summed E-state index contributed by atoms with van der Waals surface area (Å²) in [5, 5.41) is 0. The minimum Gasteiger partial charge on any atom is -0.382 e. The van der Waals surface area contributed by atoms with E-state index in [1.54, 1.807) is 10.6 Å². The summed E-state index contributed by atoms with van der Waals surface area (Å²) < 4.78 is 13.5. The molecule has 0 saturated heterocycles. The fourth-order valence-electron chi connectivity index (χ4n) is 1.67. The molecule has 0 atom stereocenters. The zero-order valence-electron chi connectivity index (χ0n) is 9.49. The lowest BCUT2D eigenvalue weighted by molar-refractivity contribution is -0.00663. The summed E-state index contributed by atoms with van der Waals surface area (Å²) in [6, 6.07) is 2.96. The lowest BCUT2D eigenvalue weighted by atomic mass is 10.4. The maximum absolute atomic E-state index is 11.9. The Bertz CT molecular complexity index is 739. The molecule has 4 N–H and O–H groups in total. The monoisotopic (exact) mass is 261 g/mol. The third kappa shape index (κ3) is 1.76. The molecular formula is C10H8FN7O. The van der Waals surface area contributed by atoms with Gasteiger partial charge in [-0.2, -0.15) is 9.97 Å². The number of imidazole rings is 1. The highest BCUT2D eigenvalue weighted by Crippen LogP contribution is 2.20. The third-order valence-corrected chi connectivity index (χ3v) is 2.50. The minimum absolute atomic E-state index is 0.00169. The van der Waals surface area contributed by atoms with Crippen molar-refractivity contribution in [2.45, 2.75) is 0 Å². The second-order valence-electron chi connectivity index (χ2n) is 3.68. The number of nitrogen functional groups attached to an aromatic ring is 2. The van der Waals surface area contributed by atoms with E-state index < -0.39 is 0 Å². The first-order valence-electron chi connectivity index (χ1n) is 5.20. The van der Waals surface area contributed by atoms with Crippen molar-refractivity contribution >= 4 is 22.9 Å². The summed E-state index contributed by atoms with van der Waals surface area (Å²) in [5.74, 6) is 0.697. The summed E-state index contributed by atoms with van der Waals surface area (Å²) in [7, 11) is 0. The number of nitrogens with zero attached hydrogens (tertiary/aromatic N) is 5. The van der Waals surface area contributed by atoms with Crippen LogP contribution in [0.1, 0.15) is 0 Å². The number of hydrogen-bond donors (Lipinski definition) is 2. The first-order valence-corrected chi connectivity index (χ1v) is 5.20. The summed E-state index contributed by atoms with van der Waals surface area (Å²) in [5.41, 5.74) is 12.1. The van der Waals surface area contributed by atoms with Crippen LogP contribution in [0.2, 0.25) is 0 Å². The van der Waals surface area contributed by atoms with Gasteiger partial charge in [0.1, 0.15) is 12.1 Å². The molecule has 0 aliphatic rings. The van der Waals surface area contributed by atoms with Crippen LogP contribution in [0.15, 0.2) is 24.7 Å². The molecule has 0 amide bonds. The number of nitrogens with two attached hydrogens (primary N) is 2. The highest BCUT2D eigenvalue weighted by molar-refractivity contribution is 5.83. The van der Waals surface area contributed by atoms with Crippen LogP contribution in [0.4, 0.5) is 16.3 Å². The molecule has 0 aromatic carbocycles. The molecule has 96 valence electrons. The van der Waals surface area contributed by atoms with Crippen molar-refractivity contribution in [2.24, 2.45) is 0 Å². The quantitative estimate of drug-likeness (QED) is 0.694. The van der Waals surface area contributed by atoms with Crippen LogP contribution in [-0.2, 0) is 0 Å². The Morgan fingerprint density at radius 2 is 2.00 bits per heavy atom. The summed E-state index contributed by atoms with van der Waals surface area (Å²) in [6.07, 6.45) is 2.71. The van der Waals surface area contributed by atoms with Crippen LogP contribution < -0.4 is 16.4 Å². The fourth-order valence-corrected chi connectivity index (χ4v) is 1.67. The van der Waals surface area contributed by atoms with Gasteiger partial charge >= 0.3 is 0 Å². The van der Waals surface area contributed by atoms with Gasteiger partial charge in [0.05, 0.1) is 6.20 Å². The smallest absolute Gasteiger partial charge is 0.224 e. The Hall–Kier alpha value is -2.97. The van der Waals surface area contributed by atoms with E-state index in [0.29, 0.717) is 17.0 Å². The SMILES string of the molecule is Nc1nc(N)c2ncn(-c3ccc(OF)cn3)c2n1. The van der Waals surface area contributed by atoms with Crippen molar-refractivity contribution in [3.63, 3.8) is 0 Å². The van der Waals surface area contributed by atoms with Gasteiger partial charge in [0.2, 0.25) is 5.95 Å². The molecule has 0 spiro atoms. The molecule has 8 nitrogen and oxygen atoms in total. The van der Waals surface area contributed by atoms with E-state index in [4.69, 9.17) is 11.5 Å². The molecule has 3 heterocycles. The van der Waals surface area contributed by atoms with Crippen LogP contribution in [0.5, 0.6) is 5.75 Å². The number of anilines is 2. The van der Waals surface area contributed by atoms with Gasteiger partial charge in [-0.3, -0.25) is 9.51 Å². The second kappa shape index (κ2) is 4.05. The van der Waals surface area contributed by atoms with E-state index in [1.165, 1.54) is 18.6 Å². The Morgan fingerprint density at radius 1 is 1.16 bits per heavy atom. The van der Waals surface area contributed by atoms with Gasteiger partial charge in [-0.15, -0.1) is 0 Å². The molecule has 0 fully saturated rings. The van der Waals surface area contributed by atoms with Crippen LogP contribution >= 0.6 is 0 Å². The molecule has 0 bridgehead atoms. The Balaban J connectivity index is 2.19. The number of rotatable bonds is 2. The van der Waals surface area contributed by atoms with Gasteiger partial charge in [0.15, 0.2) is 22.7 Å². The number of fused-ring (bicyclic) bond motifs is 1. The largest absolute Gasteiger partial charge is 0.382 e. The Morgan fingerprint density at radius 3 is 2.68 bits per heavy atom. The molecule has 0 unspecified atom stereocenters. The Labute approximate surface area is 105 Å². The van der Waals surface area contributed by atoms with Crippen molar-refractivity contribution in [2.75, 3.05) is 11.5 Å². The summed E-state index contributed by atoms with van der Waals surface area (Å²) >= 11 is 0. The zero-order chi connectivity index (χ0) is 13.4. The minimum atomic E-state index is 0.00169. The molecule has 9 heteroatoms. The molecule has 0 saturated carbocycles. The van der Waals surface area contributed by atoms with E-state index in [1.807, 2.05) is 0 Å². The molecule has 3 rings (SSSR count). The van der Waals surface area contributed by atoms with Crippen molar-refractivity contribution in [3.05, 3.63) is 24.7 Å². The molecule has 0 aliphatic heterocycles. The van der Waals surface area contributed by atoms with Gasteiger partial charge in [-0.1, -0.05) is 0 Å². The fraction of sp³-hybridized carbons (Fsp3) is 0. The van der Waals surface area contributed by atoms with Crippen molar-refractivity contribution in [1.82, 2.24) is 24.5 Å². The Kier molecular flexibility index (Phi) is 2.37. The lowest BCUT2D eigenvalue weighted by Gasteiger charge is -2.03. The molecule has 0 radical (unpaired) electrons. The molecule has 0 aliphatic carbocycles. The van der Waals surface area contributed by atoms with Crippen LogP contribution in [-0.4, -0.2) is 24.5 Å². The maximum atomic E-state index is 11.9. The van der Waals surface area contributed by atoms with Gasteiger partial charge in [0, 0.05) is 4.53 Å². The van der Waals surface area contributed by atoms with Crippen molar-refractivity contribution in [3.8, 4) is 11.6 Å². The van der Waals surface area contributed by atoms with Crippen molar-refractivity contribution < 1.29 is 9.47 Å². The average Bonchev–Trinajstić information content (AvgIpc) is 2.83. The molecule has 3 aromatic rings. The van der Waals surface area contributed by atoms with Gasteiger partial charge < -0.3 is 11.5 Å². The molecule has 3 aromatic heterocycles. The van der Waals surface area contributed by atoms with E-state index in [2.05, 4.69) is 24.9 Å². The number of halogens is 1. The van der Waals surface area contributed by atoms with E-state index in [-0.39, 0.29) is 17.5 Å². The number of hydrogen-bond acceptors (Lipinski definition) is 7. The first kappa shape index (κ1) is 11.1. The predicted molar refractivity (Wildman–Crippen MR) is 65.0 cm³/mol. The van der Waals surface area contributed by atoms with E-state index in [0.717, 1.165) is 0 Å². The van der Waals surface area contributed by atoms with Crippen molar-refractivity contribution in [1.29, 1.82) is 0 Å². The maximum Gasteiger partial charge on any atom is 0.224 e. The second-order valence-corrected chi connectivity index (χ2v) is 3.68. The first-order chi connectivity index (χ1) is 9.19. The van der Waals surface area contributed by atoms with Crippen LogP contribution in [0.3, 0.4) is 0 Å². The van der Waals surface area contributed by atoms with E-state index >= 15 is 0 Å². The average molecular weight is 261 g/mol. The summed E-state index contributed by atoms with van der Waals surface area (Å²) in [4.78, 5) is 19.5. The van der Waals surface area contributed by atoms with Gasteiger partial charge in [-0.25, -0.2) is 9.97 Å². The topological polar surface area (TPSA) is 118 Å².